The molecule has 0 spiro atoms. The van der Waals surface area contributed by atoms with Crippen LogP contribution >= 0.6 is 0 Å². The molecular weight excluding hydrogens is 186 g/mol. The minimum absolute atomic E-state index is 0.00632. The van der Waals surface area contributed by atoms with Crippen molar-refractivity contribution in [1.82, 2.24) is 10.6 Å². The van der Waals surface area contributed by atoms with Crippen molar-refractivity contribution in [2.45, 2.75) is 13.8 Å². The highest BCUT2D eigenvalue weighted by molar-refractivity contribution is 5.94. The molecule has 0 rings (SSSR count). The second kappa shape index (κ2) is 5.56. The Bertz CT molecular complexity index is 216. The van der Waals surface area contributed by atoms with Crippen LogP contribution in [0.25, 0.3) is 0 Å². The number of imide groups is 1. The molecule has 5 N–H and O–H groups in total. The zero-order chi connectivity index (χ0) is 11.2. The second-order valence-corrected chi connectivity index (χ2v) is 3.84. The van der Waals surface area contributed by atoms with Crippen LogP contribution in [0, 0.1) is 5.41 Å². The van der Waals surface area contributed by atoms with E-state index in [1.807, 2.05) is 19.2 Å². The number of aliphatic hydroxyl groups excluding tert-OH is 1. The minimum atomic E-state index is -0.863. The van der Waals surface area contributed by atoms with Crippen LogP contribution in [0.15, 0.2) is 0 Å². The van der Waals surface area contributed by atoms with Crippen molar-refractivity contribution in [3.63, 3.8) is 0 Å². The van der Waals surface area contributed by atoms with Crippen molar-refractivity contribution in [2.75, 3.05) is 19.7 Å². The Balaban J connectivity index is 3.64. The van der Waals surface area contributed by atoms with E-state index in [4.69, 9.17) is 10.8 Å². The summed E-state index contributed by atoms with van der Waals surface area (Å²) in [4.78, 5) is 21.1. The Morgan fingerprint density at radius 2 is 2.00 bits per heavy atom. The van der Waals surface area contributed by atoms with Crippen LogP contribution in [0.1, 0.15) is 13.8 Å². The van der Waals surface area contributed by atoms with Crippen molar-refractivity contribution < 1.29 is 14.7 Å². The van der Waals surface area contributed by atoms with E-state index in [0.29, 0.717) is 6.54 Å². The van der Waals surface area contributed by atoms with E-state index in [2.05, 4.69) is 5.32 Å². The summed E-state index contributed by atoms with van der Waals surface area (Å²) in [6.07, 6.45) is 0. The smallest absolute Gasteiger partial charge is 0.318 e. The summed E-state index contributed by atoms with van der Waals surface area (Å²) in [5.41, 5.74) is 4.45. The van der Waals surface area contributed by atoms with Gasteiger partial charge in [0, 0.05) is 18.6 Å². The molecule has 82 valence electrons. The van der Waals surface area contributed by atoms with Crippen molar-refractivity contribution in [1.29, 1.82) is 0 Å². The van der Waals surface area contributed by atoms with E-state index in [9.17, 15) is 9.59 Å². The van der Waals surface area contributed by atoms with E-state index >= 15 is 0 Å². The van der Waals surface area contributed by atoms with Gasteiger partial charge in [-0.25, -0.2) is 4.79 Å². The predicted molar refractivity (Wildman–Crippen MR) is 51.5 cm³/mol. The molecule has 6 nitrogen and oxygen atoms in total. The molecule has 0 unspecified atom stereocenters. The molecule has 3 amide bonds. The van der Waals surface area contributed by atoms with Crippen molar-refractivity contribution in [3.8, 4) is 0 Å². The molecule has 0 aliphatic carbocycles. The first kappa shape index (κ1) is 12.9. The Kier molecular flexibility index (Phi) is 5.11. The van der Waals surface area contributed by atoms with Gasteiger partial charge in [-0.2, -0.15) is 0 Å². The number of carbonyl (C=O) groups is 2. The number of urea groups is 1. The van der Waals surface area contributed by atoms with E-state index in [-0.39, 0.29) is 18.6 Å². The molecule has 6 heteroatoms. The number of aliphatic hydroxyl groups is 1. The molecule has 14 heavy (non-hydrogen) atoms. The molecule has 0 aromatic carbocycles. The van der Waals surface area contributed by atoms with Crippen LogP contribution in [-0.2, 0) is 4.79 Å². The van der Waals surface area contributed by atoms with E-state index in [1.165, 1.54) is 0 Å². The molecule has 0 heterocycles. The van der Waals surface area contributed by atoms with Gasteiger partial charge in [0.1, 0.15) is 0 Å². The molecule has 0 fully saturated rings. The fourth-order valence-corrected chi connectivity index (χ4v) is 0.752. The third-order valence-electron chi connectivity index (χ3n) is 1.58. The Labute approximate surface area is 82.9 Å². The van der Waals surface area contributed by atoms with Crippen LogP contribution < -0.4 is 16.4 Å². The number of rotatable bonds is 5. The highest BCUT2D eigenvalue weighted by atomic mass is 16.3. The average molecular weight is 203 g/mol. The molecule has 0 aromatic heterocycles. The van der Waals surface area contributed by atoms with E-state index < -0.39 is 11.9 Å². The van der Waals surface area contributed by atoms with Gasteiger partial charge in [-0.3, -0.25) is 10.1 Å². The average Bonchev–Trinajstić information content (AvgIpc) is 2.02. The van der Waals surface area contributed by atoms with Gasteiger partial charge in [0.15, 0.2) is 0 Å². The van der Waals surface area contributed by atoms with Gasteiger partial charge in [-0.15, -0.1) is 0 Å². The minimum Gasteiger partial charge on any atom is -0.396 e. The summed E-state index contributed by atoms with van der Waals surface area (Å²) in [6, 6.07) is -0.863. The summed E-state index contributed by atoms with van der Waals surface area (Å²) in [5.74, 6) is -0.480. The summed E-state index contributed by atoms with van der Waals surface area (Å²) in [5, 5.41) is 13.6. The molecule has 0 aliphatic heterocycles. The van der Waals surface area contributed by atoms with Crippen LogP contribution in [0.3, 0.4) is 0 Å². The number of nitrogens with one attached hydrogen (secondary N) is 2. The van der Waals surface area contributed by atoms with Crippen molar-refractivity contribution in [3.05, 3.63) is 0 Å². The largest absolute Gasteiger partial charge is 0.396 e. The maximum atomic E-state index is 10.9. The lowest BCUT2D eigenvalue weighted by Crippen LogP contribution is -2.43. The lowest BCUT2D eigenvalue weighted by atomic mass is 9.95. The Morgan fingerprint density at radius 3 is 2.43 bits per heavy atom. The quantitative estimate of drug-likeness (QED) is 0.450. The molecule has 0 atom stereocenters. The molecule has 0 aliphatic rings. The summed E-state index contributed by atoms with van der Waals surface area (Å²) < 4.78 is 0. The highest BCUT2D eigenvalue weighted by Crippen LogP contribution is 2.10. The van der Waals surface area contributed by atoms with Gasteiger partial charge < -0.3 is 16.2 Å². The third kappa shape index (κ3) is 6.38. The lowest BCUT2D eigenvalue weighted by molar-refractivity contribution is -0.119. The van der Waals surface area contributed by atoms with Gasteiger partial charge in [-0.05, 0) is 0 Å². The third-order valence-corrected chi connectivity index (χ3v) is 1.58. The number of primary amides is 1. The van der Waals surface area contributed by atoms with Gasteiger partial charge >= 0.3 is 6.03 Å². The first-order valence-corrected chi connectivity index (χ1v) is 4.28. The maximum Gasteiger partial charge on any atom is 0.318 e. The number of nitrogens with two attached hydrogens (primary N) is 1. The lowest BCUT2D eigenvalue weighted by Gasteiger charge is -2.21. The van der Waals surface area contributed by atoms with Crippen LogP contribution in [0.4, 0.5) is 4.79 Å². The summed E-state index contributed by atoms with van der Waals surface area (Å²) in [7, 11) is 0. The van der Waals surface area contributed by atoms with Gasteiger partial charge in [-0.1, -0.05) is 13.8 Å². The van der Waals surface area contributed by atoms with Crippen LogP contribution in [-0.4, -0.2) is 36.7 Å². The summed E-state index contributed by atoms with van der Waals surface area (Å²) >= 11 is 0. The first-order valence-electron chi connectivity index (χ1n) is 4.28. The van der Waals surface area contributed by atoms with Crippen molar-refractivity contribution in [2.24, 2.45) is 11.1 Å². The first-order chi connectivity index (χ1) is 6.37. The number of carbonyl (C=O) groups excluding carboxylic acids is 2. The fourth-order valence-electron chi connectivity index (χ4n) is 0.752. The molecule has 0 saturated heterocycles. The SMILES string of the molecule is CC(C)(CO)CNCC(=O)NC(N)=O. The number of hydrogen-bond acceptors (Lipinski definition) is 4. The maximum absolute atomic E-state index is 10.9. The monoisotopic (exact) mass is 203 g/mol. The number of hydrogen-bond donors (Lipinski definition) is 4. The molecule has 0 bridgehead atoms. The second-order valence-electron chi connectivity index (χ2n) is 3.84. The standard InChI is InChI=1S/C8H17N3O3/c1-8(2,5-12)4-10-3-6(13)11-7(9)14/h10,12H,3-5H2,1-2H3,(H3,9,11,13,14). The van der Waals surface area contributed by atoms with Crippen LogP contribution in [0.2, 0.25) is 0 Å². The van der Waals surface area contributed by atoms with Gasteiger partial charge in [0.25, 0.3) is 0 Å². The highest BCUT2D eigenvalue weighted by Gasteiger charge is 2.16. The molecule has 0 saturated carbocycles. The Hall–Kier alpha value is -1.14. The van der Waals surface area contributed by atoms with Gasteiger partial charge in [0.2, 0.25) is 5.91 Å². The normalized spacial score (nSPS) is 11.1. The topological polar surface area (TPSA) is 104 Å². The van der Waals surface area contributed by atoms with Crippen LogP contribution in [0.5, 0.6) is 0 Å². The Morgan fingerprint density at radius 1 is 1.43 bits per heavy atom. The molecule has 0 aromatic rings. The molecule has 0 radical (unpaired) electrons. The summed E-state index contributed by atoms with van der Waals surface area (Å²) in [6.45, 7) is 4.22. The fraction of sp³-hybridized carbons (Fsp3) is 0.750. The van der Waals surface area contributed by atoms with Crippen molar-refractivity contribution >= 4 is 11.9 Å². The molecular formula is C8H17N3O3. The zero-order valence-electron chi connectivity index (χ0n) is 8.46. The van der Waals surface area contributed by atoms with Gasteiger partial charge in [0.05, 0.1) is 6.54 Å². The number of amides is 3. The van der Waals surface area contributed by atoms with E-state index in [0.717, 1.165) is 0 Å². The zero-order valence-corrected chi connectivity index (χ0v) is 8.46. The van der Waals surface area contributed by atoms with E-state index in [1.54, 1.807) is 0 Å². The predicted octanol–water partition coefficient (Wildman–Crippen LogP) is -1.21.